The van der Waals surface area contributed by atoms with E-state index in [9.17, 15) is 9.59 Å². The molecule has 3 rings (SSSR count). The molecule has 1 aliphatic rings. The van der Waals surface area contributed by atoms with E-state index < -0.39 is 11.8 Å². The molecule has 1 fully saturated rings. The van der Waals surface area contributed by atoms with Gasteiger partial charge in [0.25, 0.3) is 11.8 Å². The van der Waals surface area contributed by atoms with E-state index in [-0.39, 0.29) is 6.61 Å². The smallest absolute Gasteiger partial charge is 0.286 e. The van der Waals surface area contributed by atoms with Gasteiger partial charge in [-0.15, -0.1) is 23.5 Å². The van der Waals surface area contributed by atoms with Crippen LogP contribution in [0.15, 0.2) is 42.6 Å². The second-order valence-corrected chi connectivity index (χ2v) is 7.71. The lowest BCUT2D eigenvalue weighted by Crippen LogP contribution is -2.44. The molecule has 3 N–H and O–H groups in total. The van der Waals surface area contributed by atoms with Crippen molar-refractivity contribution in [2.24, 2.45) is 0 Å². The van der Waals surface area contributed by atoms with Crippen molar-refractivity contribution in [1.29, 1.82) is 0 Å². The van der Waals surface area contributed by atoms with E-state index in [1.54, 1.807) is 18.3 Å². The van der Waals surface area contributed by atoms with Gasteiger partial charge in [0.2, 0.25) is 0 Å². The van der Waals surface area contributed by atoms with E-state index in [4.69, 9.17) is 4.74 Å². The molecule has 6 nitrogen and oxygen atoms in total. The van der Waals surface area contributed by atoms with Gasteiger partial charge in [-0.2, -0.15) is 0 Å². The first kappa shape index (κ1) is 16.8. The maximum Gasteiger partial charge on any atom is 0.286 e. The molecule has 0 atom stereocenters. The Balaban J connectivity index is 1.50. The molecule has 2 aromatic rings. The first-order valence-electron chi connectivity index (χ1n) is 7.41. The fraction of sp³-hybridized carbons (Fsp3) is 0.250. The van der Waals surface area contributed by atoms with Gasteiger partial charge in [-0.1, -0.05) is 18.2 Å². The lowest BCUT2D eigenvalue weighted by atomic mass is 10.2. The van der Waals surface area contributed by atoms with Crippen molar-refractivity contribution in [3.8, 4) is 5.75 Å². The van der Waals surface area contributed by atoms with Crippen LogP contribution in [0.5, 0.6) is 5.75 Å². The van der Waals surface area contributed by atoms with Crippen LogP contribution in [0, 0.1) is 0 Å². The fourth-order valence-corrected chi connectivity index (χ4v) is 5.10. The summed E-state index contributed by atoms with van der Waals surface area (Å²) < 4.78 is 5.98. The maximum absolute atomic E-state index is 11.9. The number of hydrogen-bond acceptors (Lipinski definition) is 5. The molecule has 1 saturated heterocycles. The number of aromatic nitrogens is 1. The molecule has 0 saturated carbocycles. The van der Waals surface area contributed by atoms with E-state index in [2.05, 4.69) is 15.8 Å². The van der Waals surface area contributed by atoms with Gasteiger partial charge in [0.15, 0.2) is 6.61 Å². The number of H-pyrrole nitrogens is 1. The standard InChI is InChI=1S/C16H17N3O3S2/c20-14(18-19-15(21)12-5-3-7-17-12)10-22-13-6-2-1-4-11(13)16-23-8-9-24-16/h1-7,16-17H,8-10H2,(H,18,20)(H,19,21). The lowest BCUT2D eigenvalue weighted by molar-refractivity contribution is -0.123. The number of nitrogens with one attached hydrogen (secondary N) is 3. The Hall–Kier alpha value is -2.06. The van der Waals surface area contributed by atoms with Gasteiger partial charge in [-0.3, -0.25) is 20.4 Å². The summed E-state index contributed by atoms with van der Waals surface area (Å²) in [6.45, 7) is -0.163. The third kappa shape index (κ3) is 4.27. The minimum absolute atomic E-state index is 0.163. The van der Waals surface area contributed by atoms with Crippen LogP contribution in [0.25, 0.3) is 0 Å². The third-order valence-corrected chi connectivity index (χ3v) is 6.38. The van der Waals surface area contributed by atoms with Crippen LogP contribution in [0.2, 0.25) is 0 Å². The van der Waals surface area contributed by atoms with Gasteiger partial charge in [0, 0.05) is 23.3 Å². The molecule has 1 aliphatic heterocycles. The summed E-state index contributed by atoms with van der Waals surface area (Å²) in [6, 6.07) is 11.1. The molecule has 0 spiro atoms. The number of benzene rings is 1. The zero-order valence-electron chi connectivity index (χ0n) is 12.8. The Morgan fingerprint density at radius 1 is 1.12 bits per heavy atom. The second kappa shape index (κ2) is 8.16. The van der Waals surface area contributed by atoms with Gasteiger partial charge < -0.3 is 9.72 Å². The molecule has 24 heavy (non-hydrogen) atoms. The monoisotopic (exact) mass is 363 g/mol. The SMILES string of the molecule is O=C(COc1ccccc1C1SCCS1)NNC(=O)c1ccc[nH]1. The maximum atomic E-state index is 11.9. The average molecular weight is 363 g/mol. The summed E-state index contributed by atoms with van der Waals surface area (Å²) in [7, 11) is 0. The van der Waals surface area contributed by atoms with Gasteiger partial charge in [0.1, 0.15) is 11.4 Å². The first-order valence-corrected chi connectivity index (χ1v) is 9.51. The first-order chi connectivity index (χ1) is 11.7. The number of ether oxygens (including phenoxy) is 1. The molecule has 0 unspecified atom stereocenters. The van der Waals surface area contributed by atoms with E-state index in [1.807, 2.05) is 47.8 Å². The number of para-hydroxylation sites is 1. The van der Waals surface area contributed by atoms with Crippen LogP contribution < -0.4 is 15.6 Å². The highest BCUT2D eigenvalue weighted by Crippen LogP contribution is 2.48. The Kier molecular flexibility index (Phi) is 5.71. The topological polar surface area (TPSA) is 83.2 Å². The van der Waals surface area contributed by atoms with Gasteiger partial charge in [-0.05, 0) is 18.2 Å². The van der Waals surface area contributed by atoms with Crippen molar-refractivity contribution in [3.63, 3.8) is 0 Å². The Morgan fingerprint density at radius 3 is 2.67 bits per heavy atom. The zero-order chi connectivity index (χ0) is 16.8. The van der Waals surface area contributed by atoms with Gasteiger partial charge in [0.05, 0.1) is 4.58 Å². The van der Waals surface area contributed by atoms with E-state index in [0.29, 0.717) is 16.0 Å². The molecule has 2 amide bonds. The molecule has 0 bridgehead atoms. The highest BCUT2D eigenvalue weighted by molar-refractivity contribution is 8.19. The Bertz CT molecular complexity index is 700. The number of carbonyl (C=O) groups excluding carboxylic acids is 2. The molecule has 0 radical (unpaired) electrons. The number of amides is 2. The minimum atomic E-state index is -0.420. The quantitative estimate of drug-likeness (QED) is 0.710. The molecule has 2 heterocycles. The molecule has 1 aromatic carbocycles. The largest absolute Gasteiger partial charge is 0.483 e. The van der Waals surface area contributed by atoms with Crippen molar-refractivity contribution < 1.29 is 14.3 Å². The van der Waals surface area contributed by atoms with Crippen molar-refractivity contribution >= 4 is 35.3 Å². The van der Waals surface area contributed by atoms with Crippen molar-refractivity contribution in [2.45, 2.75) is 4.58 Å². The fourth-order valence-electron chi connectivity index (χ4n) is 2.19. The predicted octanol–water partition coefficient (Wildman–Crippen LogP) is 2.33. The normalized spacial score (nSPS) is 14.3. The summed E-state index contributed by atoms with van der Waals surface area (Å²) in [5.41, 5.74) is 6.13. The van der Waals surface area contributed by atoms with E-state index in [0.717, 1.165) is 17.1 Å². The molecule has 0 aliphatic carbocycles. The predicted molar refractivity (Wildman–Crippen MR) is 96.0 cm³/mol. The molecular formula is C16H17N3O3S2. The molecule has 126 valence electrons. The number of aromatic amines is 1. The van der Waals surface area contributed by atoms with Crippen LogP contribution in [-0.4, -0.2) is 34.9 Å². The van der Waals surface area contributed by atoms with Crippen molar-refractivity contribution in [2.75, 3.05) is 18.1 Å². The number of thioether (sulfide) groups is 2. The Labute approximate surface area is 148 Å². The summed E-state index contributed by atoms with van der Waals surface area (Å²) in [4.78, 5) is 26.3. The highest BCUT2D eigenvalue weighted by Gasteiger charge is 2.21. The van der Waals surface area contributed by atoms with Gasteiger partial charge in [-0.25, -0.2) is 0 Å². The number of carbonyl (C=O) groups is 2. The zero-order valence-corrected chi connectivity index (χ0v) is 14.4. The summed E-state index contributed by atoms with van der Waals surface area (Å²) in [6.07, 6.45) is 1.63. The van der Waals surface area contributed by atoms with Crippen LogP contribution in [0.4, 0.5) is 0 Å². The minimum Gasteiger partial charge on any atom is -0.483 e. The summed E-state index contributed by atoms with van der Waals surface area (Å²) in [5, 5.41) is 0. The molecule has 8 heteroatoms. The van der Waals surface area contributed by atoms with Crippen molar-refractivity contribution in [1.82, 2.24) is 15.8 Å². The molecular weight excluding hydrogens is 346 g/mol. The van der Waals surface area contributed by atoms with Crippen LogP contribution in [-0.2, 0) is 4.79 Å². The average Bonchev–Trinajstić information content (AvgIpc) is 3.31. The Morgan fingerprint density at radius 2 is 1.92 bits per heavy atom. The number of hydrogen-bond donors (Lipinski definition) is 3. The second-order valence-electron chi connectivity index (χ2n) is 4.99. The lowest BCUT2D eigenvalue weighted by Gasteiger charge is -2.15. The number of hydrazine groups is 1. The van der Waals surface area contributed by atoms with Crippen molar-refractivity contribution in [3.05, 3.63) is 53.9 Å². The van der Waals surface area contributed by atoms with Crippen LogP contribution in [0.1, 0.15) is 20.6 Å². The van der Waals surface area contributed by atoms with E-state index in [1.165, 1.54) is 0 Å². The summed E-state index contributed by atoms with van der Waals surface area (Å²) in [5.74, 6) is 2.11. The van der Waals surface area contributed by atoms with Gasteiger partial charge >= 0.3 is 0 Å². The highest BCUT2D eigenvalue weighted by atomic mass is 32.2. The van der Waals surface area contributed by atoms with Crippen LogP contribution in [0.3, 0.4) is 0 Å². The number of rotatable bonds is 5. The molecule has 1 aromatic heterocycles. The summed E-state index contributed by atoms with van der Waals surface area (Å²) >= 11 is 3.76. The van der Waals surface area contributed by atoms with E-state index >= 15 is 0 Å². The third-order valence-electron chi connectivity index (χ3n) is 3.31. The van der Waals surface area contributed by atoms with Crippen LogP contribution >= 0.6 is 23.5 Å².